The third kappa shape index (κ3) is 3.53. The Morgan fingerprint density at radius 1 is 1.00 bits per heavy atom. The smallest absolute Gasteiger partial charge is 0.222 e. The summed E-state index contributed by atoms with van der Waals surface area (Å²) in [5, 5.41) is 3.04. The highest BCUT2D eigenvalue weighted by Gasteiger charge is 1.98. The number of rotatable bonds is 5. The predicted octanol–water partition coefficient (Wildman–Crippen LogP) is 1.44. The van der Waals surface area contributed by atoms with Crippen LogP contribution in [-0.2, 0) is 6.42 Å². The van der Waals surface area contributed by atoms with E-state index in [0.717, 1.165) is 12.0 Å². The zero-order valence-electron chi connectivity index (χ0n) is 9.63. The van der Waals surface area contributed by atoms with Gasteiger partial charge in [-0.3, -0.25) is 0 Å². The number of hydrogen-bond donors (Lipinski definition) is 2. The van der Waals surface area contributed by atoms with Crippen LogP contribution in [0.2, 0.25) is 0 Å². The van der Waals surface area contributed by atoms with Gasteiger partial charge in [-0.1, -0.05) is 30.3 Å². The number of hydrogen-bond acceptors (Lipinski definition) is 4. The van der Waals surface area contributed by atoms with E-state index in [1.54, 1.807) is 0 Å². The van der Waals surface area contributed by atoms with E-state index in [1.165, 1.54) is 5.56 Å². The molecular weight excluding hydrogens is 212 g/mol. The Balaban J connectivity index is 1.98. The molecule has 0 radical (unpaired) electrons. The average Bonchev–Trinajstić information content (AvgIpc) is 2.39. The van der Waals surface area contributed by atoms with Crippen molar-refractivity contribution in [3.05, 3.63) is 53.9 Å². The fourth-order valence-corrected chi connectivity index (χ4v) is 1.55. The summed E-state index contributed by atoms with van der Waals surface area (Å²) in [5.74, 6) is 0.632. The Labute approximate surface area is 101 Å². The first-order chi connectivity index (χ1) is 8.38. The van der Waals surface area contributed by atoms with Crippen molar-refractivity contribution in [3.63, 3.8) is 0 Å². The summed E-state index contributed by atoms with van der Waals surface area (Å²) in [7, 11) is 0. The lowest BCUT2D eigenvalue weighted by Gasteiger charge is -2.04. The van der Waals surface area contributed by atoms with Gasteiger partial charge in [0, 0.05) is 31.9 Å². The highest BCUT2D eigenvalue weighted by Crippen LogP contribution is 2.08. The van der Waals surface area contributed by atoms with Gasteiger partial charge in [-0.2, -0.15) is 0 Å². The second-order valence-corrected chi connectivity index (χ2v) is 3.79. The summed E-state index contributed by atoms with van der Waals surface area (Å²) in [5.41, 5.74) is 7.76. The molecular formula is C13H16N4. The van der Waals surface area contributed by atoms with Gasteiger partial charge in [0.25, 0.3) is 0 Å². The van der Waals surface area contributed by atoms with Gasteiger partial charge >= 0.3 is 0 Å². The molecule has 0 saturated heterocycles. The van der Waals surface area contributed by atoms with Gasteiger partial charge in [0.05, 0.1) is 0 Å². The van der Waals surface area contributed by atoms with E-state index >= 15 is 0 Å². The molecule has 0 spiro atoms. The number of benzene rings is 1. The largest absolute Gasteiger partial charge is 0.353 e. The van der Waals surface area contributed by atoms with Gasteiger partial charge in [-0.15, -0.1) is 0 Å². The van der Waals surface area contributed by atoms with Crippen LogP contribution in [0.5, 0.6) is 0 Å². The maximum atomic E-state index is 5.39. The molecule has 0 aliphatic heterocycles. The van der Waals surface area contributed by atoms with Crippen molar-refractivity contribution in [2.75, 3.05) is 18.4 Å². The molecule has 1 aromatic carbocycles. The van der Waals surface area contributed by atoms with Gasteiger partial charge in [0.1, 0.15) is 0 Å². The molecule has 4 heteroatoms. The van der Waals surface area contributed by atoms with Crippen LogP contribution in [-0.4, -0.2) is 23.1 Å². The first kappa shape index (κ1) is 11.5. The van der Waals surface area contributed by atoms with Crippen LogP contribution in [0.1, 0.15) is 11.1 Å². The Kier molecular flexibility index (Phi) is 4.05. The van der Waals surface area contributed by atoms with Crippen LogP contribution in [0.15, 0.2) is 42.7 Å². The molecule has 0 amide bonds. The summed E-state index contributed by atoms with van der Waals surface area (Å²) in [6.07, 6.45) is 4.55. The predicted molar refractivity (Wildman–Crippen MR) is 68.8 cm³/mol. The number of nitrogens with two attached hydrogens (primary N) is 1. The van der Waals surface area contributed by atoms with Crippen LogP contribution in [0.4, 0.5) is 5.95 Å². The second kappa shape index (κ2) is 5.96. The van der Waals surface area contributed by atoms with Gasteiger partial charge in [0.2, 0.25) is 5.95 Å². The van der Waals surface area contributed by atoms with Crippen molar-refractivity contribution in [2.24, 2.45) is 5.73 Å². The Hall–Kier alpha value is -1.94. The molecule has 3 N–H and O–H groups in total. The monoisotopic (exact) mass is 228 g/mol. The standard InChI is InChI=1S/C13H16N4/c14-6-7-15-13-16-9-12(10-17-13)8-11-4-2-1-3-5-11/h1-5,9-10H,6-8,14H2,(H,15,16,17). The molecule has 0 saturated carbocycles. The van der Waals surface area contributed by atoms with Crippen molar-refractivity contribution >= 4 is 5.95 Å². The van der Waals surface area contributed by atoms with Gasteiger partial charge in [-0.05, 0) is 11.1 Å². The van der Waals surface area contributed by atoms with Gasteiger partial charge < -0.3 is 11.1 Å². The van der Waals surface area contributed by atoms with Crippen molar-refractivity contribution in [1.82, 2.24) is 9.97 Å². The van der Waals surface area contributed by atoms with Crippen LogP contribution in [0.25, 0.3) is 0 Å². The summed E-state index contributed by atoms with van der Waals surface area (Å²) in [6.45, 7) is 1.27. The zero-order valence-corrected chi connectivity index (χ0v) is 9.63. The highest BCUT2D eigenvalue weighted by atomic mass is 15.1. The minimum Gasteiger partial charge on any atom is -0.353 e. The summed E-state index contributed by atoms with van der Waals surface area (Å²) < 4.78 is 0. The average molecular weight is 228 g/mol. The van der Waals surface area contributed by atoms with E-state index in [4.69, 9.17) is 5.73 Å². The molecule has 1 aromatic heterocycles. The van der Waals surface area contributed by atoms with E-state index < -0.39 is 0 Å². The zero-order chi connectivity index (χ0) is 11.9. The molecule has 0 aliphatic carbocycles. The van der Waals surface area contributed by atoms with Crippen LogP contribution in [0.3, 0.4) is 0 Å². The molecule has 0 unspecified atom stereocenters. The number of anilines is 1. The van der Waals surface area contributed by atoms with Gasteiger partial charge in [0.15, 0.2) is 0 Å². The normalized spacial score (nSPS) is 10.2. The molecule has 17 heavy (non-hydrogen) atoms. The van der Waals surface area contributed by atoms with E-state index in [2.05, 4.69) is 27.4 Å². The van der Waals surface area contributed by atoms with Crippen molar-refractivity contribution in [3.8, 4) is 0 Å². The Morgan fingerprint density at radius 3 is 2.35 bits per heavy atom. The lowest BCUT2D eigenvalue weighted by Crippen LogP contribution is -2.14. The topological polar surface area (TPSA) is 63.8 Å². The quantitative estimate of drug-likeness (QED) is 0.812. The number of nitrogens with zero attached hydrogens (tertiary/aromatic N) is 2. The fraction of sp³-hybridized carbons (Fsp3) is 0.231. The molecule has 2 aromatic rings. The van der Waals surface area contributed by atoms with E-state index in [-0.39, 0.29) is 0 Å². The van der Waals surface area contributed by atoms with E-state index in [0.29, 0.717) is 19.0 Å². The molecule has 2 rings (SSSR count). The minimum atomic E-state index is 0.578. The summed E-state index contributed by atoms with van der Waals surface area (Å²) >= 11 is 0. The molecule has 88 valence electrons. The first-order valence-corrected chi connectivity index (χ1v) is 5.67. The van der Waals surface area contributed by atoms with Crippen molar-refractivity contribution in [2.45, 2.75) is 6.42 Å². The summed E-state index contributed by atoms with van der Waals surface area (Å²) in [4.78, 5) is 8.47. The van der Waals surface area contributed by atoms with Crippen molar-refractivity contribution in [1.29, 1.82) is 0 Å². The number of nitrogens with one attached hydrogen (secondary N) is 1. The molecule has 1 heterocycles. The Bertz CT molecular complexity index is 439. The third-order valence-corrected chi connectivity index (χ3v) is 2.38. The molecule has 0 bridgehead atoms. The first-order valence-electron chi connectivity index (χ1n) is 5.67. The lowest BCUT2D eigenvalue weighted by molar-refractivity contribution is 0.978. The second-order valence-electron chi connectivity index (χ2n) is 3.79. The molecule has 0 atom stereocenters. The van der Waals surface area contributed by atoms with Crippen LogP contribution >= 0.6 is 0 Å². The fourth-order valence-electron chi connectivity index (χ4n) is 1.55. The van der Waals surface area contributed by atoms with Crippen molar-refractivity contribution < 1.29 is 0 Å². The minimum absolute atomic E-state index is 0.578. The summed E-state index contributed by atoms with van der Waals surface area (Å²) in [6, 6.07) is 10.3. The van der Waals surface area contributed by atoms with E-state index in [1.807, 2.05) is 30.6 Å². The molecule has 0 aliphatic rings. The Morgan fingerprint density at radius 2 is 1.71 bits per heavy atom. The maximum Gasteiger partial charge on any atom is 0.222 e. The lowest BCUT2D eigenvalue weighted by atomic mass is 10.1. The third-order valence-electron chi connectivity index (χ3n) is 2.38. The van der Waals surface area contributed by atoms with Crippen LogP contribution in [0, 0.1) is 0 Å². The molecule has 0 fully saturated rings. The molecule has 4 nitrogen and oxygen atoms in total. The maximum absolute atomic E-state index is 5.39. The number of aromatic nitrogens is 2. The van der Waals surface area contributed by atoms with E-state index in [9.17, 15) is 0 Å². The van der Waals surface area contributed by atoms with Crippen LogP contribution < -0.4 is 11.1 Å². The van der Waals surface area contributed by atoms with Gasteiger partial charge in [-0.25, -0.2) is 9.97 Å². The SMILES string of the molecule is NCCNc1ncc(Cc2ccccc2)cn1. The highest BCUT2D eigenvalue weighted by molar-refractivity contribution is 5.28.